The van der Waals surface area contributed by atoms with E-state index in [1.807, 2.05) is 36.7 Å². The van der Waals surface area contributed by atoms with E-state index in [9.17, 15) is 4.79 Å². The fourth-order valence-corrected chi connectivity index (χ4v) is 3.19. The van der Waals surface area contributed by atoms with E-state index in [1.54, 1.807) is 12.5 Å². The first-order valence-corrected chi connectivity index (χ1v) is 8.19. The van der Waals surface area contributed by atoms with E-state index < -0.39 is 0 Å². The lowest BCUT2D eigenvalue weighted by Crippen LogP contribution is -2.22. The van der Waals surface area contributed by atoms with Crippen LogP contribution in [0.15, 0.2) is 43.0 Å². The van der Waals surface area contributed by atoms with Gasteiger partial charge in [0.05, 0.1) is 17.0 Å². The van der Waals surface area contributed by atoms with Crippen LogP contribution in [-0.2, 0) is 13.1 Å². The largest absolute Gasteiger partial charge is 0.347 e. The fraction of sp³-hybridized carbons (Fsp3) is 0.235. The molecule has 0 aliphatic carbocycles. The quantitative estimate of drug-likeness (QED) is 0.784. The molecule has 2 heterocycles. The molecule has 3 aromatic rings. The van der Waals surface area contributed by atoms with Gasteiger partial charge in [0.25, 0.3) is 5.91 Å². The van der Waals surface area contributed by atoms with Gasteiger partial charge in [-0.2, -0.15) is 0 Å². The number of aryl methyl sites for hydroxylation is 2. The second-order valence-electron chi connectivity index (χ2n) is 5.38. The van der Waals surface area contributed by atoms with Gasteiger partial charge in [0.1, 0.15) is 4.88 Å². The Labute approximate surface area is 139 Å². The standard InChI is InChI=1S/C17H18N4OS/c1-12-16(23-13(2)20-12)17(22)19-9-14-3-5-15(6-4-14)10-21-8-7-18-11-21/h3-8,11H,9-10H2,1-2H3,(H,19,22). The smallest absolute Gasteiger partial charge is 0.263 e. The summed E-state index contributed by atoms with van der Waals surface area (Å²) in [4.78, 5) is 21.2. The molecule has 1 N–H and O–H groups in total. The third-order valence-electron chi connectivity index (χ3n) is 3.51. The lowest BCUT2D eigenvalue weighted by molar-refractivity contribution is 0.0954. The number of hydrogen-bond donors (Lipinski definition) is 1. The van der Waals surface area contributed by atoms with Crippen molar-refractivity contribution in [3.63, 3.8) is 0 Å². The number of benzene rings is 1. The molecule has 0 aliphatic heterocycles. The zero-order valence-electron chi connectivity index (χ0n) is 13.1. The van der Waals surface area contributed by atoms with Gasteiger partial charge in [-0.3, -0.25) is 4.79 Å². The normalized spacial score (nSPS) is 10.7. The van der Waals surface area contributed by atoms with Crippen molar-refractivity contribution in [2.75, 3.05) is 0 Å². The summed E-state index contributed by atoms with van der Waals surface area (Å²) in [7, 11) is 0. The van der Waals surface area contributed by atoms with E-state index in [0.717, 1.165) is 22.8 Å². The predicted octanol–water partition coefficient (Wildman–Crippen LogP) is 2.93. The monoisotopic (exact) mass is 326 g/mol. The van der Waals surface area contributed by atoms with Crippen LogP contribution < -0.4 is 5.32 Å². The maximum absolute atomic E-state index is 12.2. The number of carbonyl (C=O) groups excluding carboxylic acids is 1. The molecule has 0 aliphatic rings. The van der Waals surface area contributed by atoms with Gasteiger partial charge in [0.2, 0.25) is 0 Å². The van der Waals surface area contributed by atoms with Crippen LogP contribution in [0.25, 0.3) is 0 Å². The van der Waals surface area contributed by atoms with Crippen molar-refractivity contribution in [3.05, 3.63) is 69.7 Å². The number of nitrogens with one attached hydrogen (secondary N) is 1. The molecular formula is C17H18N4OS. The zero-order chi connectivity index (χ0) is 16.2. The van der Waals surface area contributed by atoms with Crippen molar-refractivity contribution < 1.29 is 4.79 Å². The summed E-state index contributed by atoms with van der Waals surface area (Å²) in [5, 5.41) is 3.86. The van der Waals surface area contributed by atoms with E-state index in [1.165, 1.54) is 16.9 Å². The summed E-state index contributed by atoms with van der Waals surface area (Å²) in [5.41, 5.74) is 3.07. The van der Waals surface area contributed by atoms with E-state index in [0.29, 0.717) is 11.4 Å². The molecule has 0 spiro atoms. The fourth-order valence-electron chi connectivity index (χ4n) is 2.36. The van der Waals surface area contributed by atoms with Gasteiger partial charge < -0.3 is 9.88 Å². The SMILES string of the molecule is Cc1nc(C)c(C(=O)NCc2ccc(Cn3ccnc3)cc2)s1. The molecule has 118 valence electrons. The van der Waals surface area contributed by atoms with Crippen molar-refractivity contribution in [2.24, 2.45) is 0 Å². The second-order valence-corrected chi connectivity index (χ2v) is 6.58. The van der Waals surface area contributed by atoms with Crippen molar-refractivity contribution in [3.8, 4) is 0 Å². The summed E-state index contributed by atoms with van der Waals surface area (Å²) in [6, 6.07) is 8.22. The van der Waals surface area contributed by atoms with E-state index in [4.69, 9.17) is 0 Å². The number of aromatic nitrogens is 3. The van der Waals surface area contributed by atoms with Crippen LogP contribution in [0, 0.1) is 13.8 Å². The van der Waals surface area contributed by atoms with Crippen LogP contribution >= 0.6 is 11.3 Å². The van der Waals surface area contributed by atoms with Crippen molar-refractivity contribution in [1.82, 2.24) is 19.9 Å². The topological polar surface area (TPSA) is 59.8 Å². The van der Waals surface area contributed by atoms with Crippen LogP contribution in [0.1, 0.15) is 31.5 Å². The van der Waals surface area contributed by atoms with Gasteiger partial charge in [0, 0.05) is 25.5 Å². The maximum Gasteiger partial charge on any atom is 0.263 e. The summed E-state index contributed by atoms with van der Waals surface area (Å²) < 4.78 is 2.02. The Morgan fingerprint density at radius 1 is 1.22 bits per heavy atom. The van der Waals surface area contributed by atoms with Crippen molar-refractivity contribution in [2.45, 2.75) is 26.9 Å². The molecule has 0 unspecified atom stereocenters. The minimum atomic E-state index is -0.0596. The average molecular weight is 326 g/mol. The van der Waals surface area contributed by atoms with Crippen LogP contribution in [0.4, 0.5) is 0 Å². The molecule has 0 saturated carbocycles. The summed E-state index contributed by atoms with van der Waals surface area (Å²) in [5.74, 6) is -0.0596. The number of hydrogen-bond acceptors (Lipinski definition) is 4. The molecule has 0 atom stereocenters. The molecule has 1 amide bonds. The highest BCUT2D eigenvalue weighted by molar-refractivity contribution is 7.13. The number of imidazole rings is 1. The molecule has 0 fully saturated rings. The highest BCUT2D eigenvalue weighted by Crippen LogP contribution is 2.17. The van der Waals surface area contributed by atoms with Crippen LogP contribution in [0.5, 0.6) is 0 Å². The van der Waals surface area contributed by atoms with E-state index >= 15 is 0 Å². The summed E-state index contributed by atoms with van der Waals surface area (Å²) in [6.45, 7) is 5.09. The Bertz CT molecular complexity index is 791. The van der Waals surface area contributed by atoms with Gasteiger partial charge in [-0.15, -0.1) is 11.3 Å². The first kappa shape index (κ1) is 15.4. The molecule has 0 bridgehead atoms. The molecule has 2 aromatic heterocycles. The summed E-state index contributed by atoms with van der Waals surface area (Å²) >= 11 is 1.43. The van der Waals surface area contributed by atoms with Gasteiger partial charge in [-0.25, -0.2) is 9.97 Å². The molecule has 6 heteroatoms. The number of nitrogens with zero attached hydrogens (tertiary/aromatic N) is 3. The number of thiazole rings is 1. The Kier molecular flexibility index (Phi) is 4.52. The summed E-state index contributed by atoms with van der Waals surface area (Å²) in [6.07, 6.45) is 5.51. The van der Waals surface area contributed by atoms with E-state index in [2.05, 4.69) is 27.4 Å². The maximum atomic E-state index is 12.2. The van der Waals surface area contributed by atoms with Crippen LogP contribution in [-0.4, -0.2) is 20.4 Å². The first-order valence-electron chi connectivity index (χ1n) is 7.37. The second kappa shape index (κ2) is 6.75. The zero-order valence-corrected chi connectivity index (χ0v) is 13.9. The molecule has 0 saturated heterocycles. The Balaban J connectivity index is 1.58. The molecule has 1 aromatic carbocycles. The highest BCUT2D eigenvalue weighted by Gasteiger charge is 2.13. The molecule has 23 heavy (non-hydrogen) atoms. The van der Waals surface area contributed by atoms with Gasteiger partial charge in [-0.1, -0.05) is 24.3 Å². The van der Waals surface area contributed by atoms with Crippen molar-refractivity contribution in [1.29, 1.82) is 0 Å². The van der Waals surface area contributed by atoms with Crippen LogP contribution in [0.3, 0.4) is 0 Å². The lowest BCUT2D eigenvalue weighted by atomic mass is 10.1. The minimum Gasteiger partial charge on any atom is -0.347 e. The third kappa shape index (κ3) is 3.84. The van der Waals surface area contributed by atoms with Crippen molar-refractivity contribution >= 4 is 17.2 Å². The number of amides is 1. The van der Waals surface area contributed by atoms with Crippen LogP contribution in [0.2, 0.25) is 0 Å². The molecule has 3 rings (SSSR count). The Hall–Kier alpha value is -2.47. The van der Waals surface area contributed by atoms with Gasteiger partial charge in [-0.05, 0) is 25.0 Å². The molecule has 5 nitrogen and oxygen atoms in total. The Morgan fingerprint density at radius 2 is 1.96 bits per heavy atom. The third-order valence-corrected chi connectivity index (χ3v) is 4.58. The average Bonchev–Trinajstić information content (AvgIpc) is 3.15. The van der Waals surface area contributed by atoms with Gasteiger partial charge >= 0.3 is 0 Å². The minimum absolute atomic E-state index is 0.0596. The van der Waals surface area contributed by atoms with Gasteiger partial charge in [0.15, 0.2) is 0 Å². The highest BCUT2D eigenvalue weighted by atomic mass is 32.1. The molecule has 0 radical (unpaired) electrons. The van der Waals surface area contributed by atoms with E-state index in [-0.39, 0.29) is 5.91 Å². The molecular weight excluding hydrogens is 308 g/mol. The number of rotatable bonds is 5. The predicted molar refractivity (Wildman–Crippen MR) is 90.5 cm³/mol. The Morgan fingerprint density at radius 3 is 2.57 bits per heavy atom. The first-order chi connectivity index (χ1) is 11.1. The number of carbonyl (C=O) groups is 1. The lowest BCUT2D eigenvalue weighted by Gasteiger charge is -2.06.